The molecule has 40 heavy (non-hydrogen) atoms. The molecule has 3 heterocycles. The van der Waals surface area contributed by atoms with Crippen molar-refractivity contribution in [3.05, 3.63) is 25.3 Å². The Kier molecular flexibility index (Phi) is 9.50. The van der Waals surface area contributed by atoms with Crippen LogP contribution in [0, 0.1) is 23.7 Å². The van der Waals surface area contributed by atoms with Crippen LogP contribution in [0.5, 0.6) is 0 Å². The number of rotatable bonds is 13. The smallest absolute Gasteiger partial charge is 0.312 e. The van der Waals surface area contributed by atoms with Gasteiger partial charge in [-0.1, -0.05) is 52.2 Å². The van der Waals surface area contributed by atoms with Crippen molar-refractivity contribution >= 4 is 17.8 Å². The normalized spacial score (nSPS) is 34.1. The first-order valence-electron chi connectivity index (χ1n) is 15.4. The number of unbranched alkanes of at least 4 members (excludes halogenated alkanes) is 2. The van der Waals surface area contributed by atoms with Crippen LogP contribution in [-0.2, 0) is 23.9 Å². The summed E-state index contributed by atoms with van der Waals surface area (Å²) in [7, 11) is 0. The summed E-state index contributed by atoms with van der Waals surface area (Å²) in [5, 5.41) is 10.5. The van der Waals surface area contributed by atoms with Crippen molar-refractivity contribution in [2.45, 2.75) is 115 Å². The van der Waals surface area contributed by atoms with E-state index < -0.39 is 41.1 Å². The molecule has 3 unspecified atom stereocenters. The molecule has 0 radical (unpaired) electrons. The summed E-state index contributed by atoms with van der Waals surface area (Å²) >= 11 is 0. The zero-order valence-corrected chi connectivity index (χ0v) is 25.0. The molecule has 224 valence electrons. The average Bonchev–Trinajstić information content (AvgIpc) is 3.44. The number of esters is 1. The van der Waals surface area contributed by atoms with E-state index in [-0.39, 0.29) is 42.9 Å². The van der Waals surface area contributed by atoms with Crippen molar-refractivity contribution in [3.8, 4) is 0 Å². The lowest BCUT2D eigenvalue weighted by atomic mass is 9.62. The molecule has 4 aliphatic rings. The van der Waals surface area contributed by atoms with Crippen LogP contribution in [0.15, 0.2) is 25.3 Å². The third-order valence-corrected chi connectivity index (χ3v) is 10.2. The van der Waals surface area contributed by atoms with Crippen molar-refractivity contribution in [1.29, 1.82) is 0 Å². The summed E-state index contributed by atoms with van der Waals surface area (Å²) in [6.07, 6.45) is 11.6. The fourth-order valence-corrected chi connectivity index (χ4v) is 8.05. The Morgan fingerprint density at radius 1 is 1.20 bits per heavy atom. The molecule has 7 atom stereocenters. The SMILES string of the molecule is C=CCCCCOC(=O)[C@H]1[C@H]2C(=O)N([C@@H](CO)C(C)C)C(C(=O)N(CC=C)C3CCCCC3)C23CC(C)[C@]1(C)O3. The average molecular weight is 559 g/mol. The third-order valence-electron chi connectivity index (χ3n) is 10.2. The lowest BCUT2D eigenvalue weighted by Crippen LogP contribution is -2.61. The van der Waals surface area contributed by atoms with Gasteiger partial charge in [0.1, 0.15) is 17.6 Å². The Balaban J connectivity index is 1.74. The van der Waals surface area contributed by atoms with Crippen LogP contribution in [-0.4, -0.2) is 81.8 Å². The van der Waals surface area contributed by atoms with E-state index in [1.165, 1.54) is 0 Å². The van der Waals surface area contributed by atoms with Crippen LogP contribution >= 0.6 is 0 Å². The van der Waals surface area contributed by atoms with Gasteiger partial charge in [-0.15, -0.1) is 13.2 Å². The number of amides is 2. The monoisotopic (exact) mass is 558 g/mol. The fraction of sp³-hybridized carbons (Fsp3) is 0.781. The summed E-state index contributed by atoms with van der Waals surface area (Å²) in [5.41, 5.74) is -2.06. The van der Waals surface area contributed by atoms with Gasteiger partial charge in [0.15, 0.2) is 0 Å². The van der Waals surface area contributed by atoms with Gasteiger partial charge >= 0.3 is 5.97 Å². The van der Waals surface area contributed by atoms with Crippen molar-refractivity contribution in [2.75, 3.05) is 19.8 Å². The van der Waals surface area contributed by atoms with Gasteiger partial charge < -0.3 is 24.4 Å². The number of aliphatic hydroxyl groups is 1. The predicted molar refractivity (Wildman–Crippen MR) is 153 cm³/mol. The number of carbonyl (C=O) groups is 3. The second kappa shape index (κ2) is 12.4. The largest absolute Gasteiger partial charge is 0.465 e. The highest BCUT2D eigenvalue weighted by atomic mass is 16.6. The lowest BCUT2D eigenvalue weighted by molar-refractivity contribution is -0.165. The van der Waals surface area contributed by atoms with Crippen molar-refractivity contribution in [3.63, 3.8) is 0 Å². The molecule has 0 aromatic heterocycles. The number of carbonyl (C=O) groups excluding carboxylic acids is 3. The molecule has 2 bridgehead atoms. The molecular formula is C32H50N2O6. The zero-order valence-electron chi connectivity index (χ0n) is 25.0. The van der Waals surface area contributed by atoms with Gasteiger partial charge in [0, 0.05) is 12.6 Å². The minimum atomic E-state index is -1.15. The summed E-state index contributed by atoms with van der Waals surface area (Å²) in [6.45, 7) is 15.9. The molecule has 4 fully saturated rings. The van der Waals surface area contributed by atoms with Crippen LogP contribution in [0.4, 0.5) is 0 Å². The van der Waals surface area contributed by atoms with Crippen LogP contribution < -0.4 is 0 Å². The number of hydrogen-bond donors (Lipinski definition) is 1. The molecule has 8 nitrogen and oxygen atoms in total. The first-order valence-corrected chi connectivity index (χ1v) is 15.4. The molecular weight excluding hydrogens is 508 g/mol. The molecule has 3 saturated heterocycles. The minimum absolute atomic E-state index is 0.0562. The maximum absolute atomic E-state index is 14.7. The van der Waals surface area contributed by atoms with Crippen molar-refractivity contribution in [1.82, 2.24) is 9.80 Å². The molecule has 8 heteroatoms. The summed E-state index contributed by atoms with van der Waals surface area (Å²) in [6, 6.07) is -1.41. The van der Waals surface area contributed by atoms with Crippen LogP contribution in [0.25, 0.3) is 0 Å². The maximum Gasteiger partial charge on any atom is 0.312 e. The Hall–Kier alpha value is -2.19. The Morgan fingerprint density at radius 3 is 2.50 bits per heavy atom. The Bertz CT molecular complexity index is 976. The Labute approximate surface area is 240 Å². The number of nitrogens with zero attached hydrogens (tertiary/aromatic N) is 2. The van der Waals surface area contributed by atoms with Gasteiger partial charge in [-0.25, -0.2) is 0 Å². The second-order valence-corrected chi connectivity index (χ2v) is 13.0. The number of fused-ring (bicyclic) bond motifs is 1. The molecule has 0 aromatic carbocycles. The molecule has 1 saturated carbocycles. The topological polar surface area (TPSA) is 96.4 Å². The standard InChI is InChI=1S/C32H50N2O6/c1-7-9-10-14-18-39-30(38)26-25-28(36)34(24(20-35)21(3)4)27(32(25)19-22(5)31(26,6)40-32)29(37)33(17-8-2)23-15-12-11-13-16-23/h7-8,21-27,35H,1-2,9-20H2,3-6H3/t22?,24-,25-,26+,27?,31-,32?/m0/s1. The molecule has 1 spiro atoms. The summed E-state index contributed by atoms with van der Waals surface area (Å²) in [4.78, 5) is 46.3. The minimum Gasteiger partial charge on any atom is -0.465 e. The van der Waals surface area contributed by atoms with E-state index in [4.69, 9.17) is 9.47 Å². The first kappa shape index (κ1) is 30.8. The van der Waals surface area contributed by atoms with Crippen molar-refractivity contribution in [2.24, 2.45) is 23.7 Å². The van der Waals surface area contributed by atoms with E-state index in [9.17, 15) is 19.5 Å². The number of aliphatic hydroxyl groups excluding tert-OH is 1. The predicted octanol–water partition coefficient (Wildman–Crippen LogP) is 4.26. The highest BCUT2D eigenvalue weighted by molar-refractivity contribution is 5.99. The Morgan fingerprint density at radius 2 is 1.90 bits per heavy atom. The van der Waals surface area contributed by atoms with Gasteiger partial charge in [0.25, 0.3) is 0 Å². The molecule has 4 rings (SSSR count). The van der Waals surface area contributed by atoms with Gasteiger partial charge in [-0.05, 0) is 57.3 Å². The van der Waals surface area contributed by atoms with Crippen LogP contribution in [0.3, 0.4) is 0 Å². The maximum atomic E-state index is 14.7. The molecule has 1 N–H and O–H groups in total. The van der Waals surface area contributed by atoms with Gasteiger partial charge in [0.05, 0.1) is 30.8 Å². The number of likely N-dealkylation sites (tertiary alicyclic amines) is 1. The van der Waals surface area contributed by atoms with Crippen LogP contribution in [0.1, 0.15) is 85.5 Å². The van der Waals surface area contributed by atoms with E-state index in [0.717, 1.165) is 44.9 Å². The van der Waals surface area contributed by atoms with E-state index in [1.807, 2.05) is 38.7 Å². The van der Waals surface area contributed by atoms with Gasteiger partial charge in [-0.2, -0.15) is 0 Å². The quantitative estimate of drug-likeness (QED) is 0.206. The van der Waals surface area contributed by atoms with E-state index >= 15 is 0 Å². The van der Waals surface area contributed by atoms with E-state index in [1.54, 1.807) is 11.0 Å². The first-order chi connectivity index (χ1) is 19.1. The van der Waals surface area contributed by atoms with Crippen molar-refractivity contribution < 1.29 is 29.0 Å². The van der Waals surface area contributed by atoms with Gasteiger partial charge in [0.2, 0.25) is 11.8 Å². The molecule has 3 aliphatic heterocycles. The lowest BCUT2D eigenvalue weighted by Gasteiger charge is -2.43. The zero-order chi connectivity index (χ0) is 29.2. The molecule has 2 amide bonds. The van der Waals surface area contributed by atoms with E-state index in [0.29, 0.717) is 19.4 Å². The van der Waals surface area contributed by atoms with Crippen LogP contribution in [0.2, 0.25) is 0 Å². The highest BCUT2D eigenvalue weighted by Gasteiger charge is 2.81. The number of allylic oxidation sites excluding steroid dienone is 1. The van der Waals surface area contributed by atoms with E-state index in [2.05, 4.69) is 13.2 Å². The highest BCUT2D eigenvalue weighted by Crippen LogP contribution is 2.66. The van der Waals surface area contributed by atoms with Gasteiger partial charge in [-0.3, -0.25) is 14.4 Å². The number of ether oxygens (including phenoxy) is 2. The number of hydrogen-bond acceptors (Lipinski definition) is 6. The molecule has 0 aromatic rings. The second-order valence-electron chi connectivity index (χ2n) is 13.0. The summed E-state index contributed by atoms with van der Waals surface area (Å²) in [5.74, 6) is -2.65. The molecule has 1 aliphatic carbocycles. The third kappa shape index (κ3) is 5.04. The fourth-order valence-electron chi connectivity index (χ4n) is 8.05. The summed E-state index contributed by atoms with van der Waals surface area (Å²) < 4.78 is 12.6.